The van der Waals surface area contributed by atoms with E-state index >= 15 is 0 Å². The number of carbonyl (C=O) groups excluding carboxylic acids is 2. The fourth-order valence-corrected chi connectivity index (χ4v) is 2.28. The minimum atomic E-state index is -0.655. The molecule has 0 aromatic carbocycles. The van der Waals surface area contributed by atoms with E-state index in [1.807, 2.05) is 6.92 Å². The van der Waals surface area contributed by atoms with Gasteiger partial charge in [-0.15, -0.1) is 0 Å². The van der Waals surface area contributed by atoms with Crippen molar-refractivity contribution >= 4 is 11.9 Å². The Hall–Kier alpha value is -1.36. The van der Waals surface area contributed by atoms with Gasteiger partial charge < -0.3 is 10.6 Å². The molecule has 0 unspecified atom stereocenters. The quantitative estimate of drug-likeness (QED) is 0.520. The van der Waals surface area contributed by atoms with Gasteiger partial charge in [0.1, 0.15) is 5.54 Å². The summed E-state index contributed by atoms with van der Waals surface area (Å²) >= 11 is 0. The first-order valence-corrected chi connectivity index (χ1v) is 5.54. The van der Waals surface area contributed by atoms with E-state index in [1.165, 1.54) is 4.90 Å². The average molecular weight is 223 g/mol. The summed E-state index contributed by atoms with van der Waals surface area (Å²) < 4.78 is 0. The molecule has 1 spiro atoms. The smallest absolute Gasteiger partial charge is 0.323 e. The standard InChI is InChI=1S/C11H17N3O2/c1-8(2)7-14-9(15)11(13-10(14)16)3-5-12-6-4-11/h12H,1,3-7H2,2H3,(H,13,16). The molecule has 0 aromatic heterocycles. The van der Waals surface area contributed by atoms with Crippen LogP contribution in [0.4, 0.5) is 4.79 Å². The predicted octanol–water partition coefficient (Wildman–Crippen LogP) is 0.236. The van der Waals surface area contributed by atoms with Crippen molar-refractivity contribution in [3.05, 3.63) is 12.2 Å². The Morgan fingerprint density at radius 3 is 2.62 bits per heavy atom. The van der Waals surface area contributed by atoms with Crippen LogP contribution in [0.3, 0.4) is 0 Å². The van der Waals surface area contributed by atoms with Gasteiger partial charge in [0.25, 0.3) is 5.91 Å². The minimum absolute atomic E-state index is 0.0954. The molecule has 0 atom stereocenters. The molecule has 2 aliphatic rings. The van der Waals surface area contributed by atoms with Gasteiger partial charge in [-0.2, -0.15) is 0 Å². The summed E-state index contributed by atoms with van der Waals surface area (Å²) in [5.74, 6) is -0.0954. The zero-order valence-electron chi connectivity index (χ0n) is 9.51. The van der Waals surface area contributed by atoms with Crippen LogP contribution in [0.15, 0.2) is 12.2 Å². The van der Waals surface area contributed by atoms with Gasteiger partial charge in [0.2, 0.25) is 0 Å². The zero-order chi connectivity index (χ0) is 11.8. The van der Waals surface area contributed by atoms with E-state index in [0.717, 1.165) is 18.7 Å². The van der Waals surface area contributed by atoms with Gasteiger partial charge in [-0.25, -0.2) is 4.79 Å². The maximum absolute atomic E-state index is 12.2. The van der Waals surface area contributed by atoms with E-state index in [-0.39, 0.29) is 11.9 Å². The summed E-state index contributed by atoms with van der Waals surface area (Å²) in [4.78, 5) is 25.2. The van der Waals surface area contributed by atoms with Crippen molar-refractivity contribution in [3.8, 4) is 0 Å². The molecular weight excluding hydrogens is 206 g/mol. The van der Waals surface area contributed by atoms with Gasteiger partial charge in [-0.05, 0) is 32.9 Å². The third-order valence-corrected chi connectivity index (χ3v) is 3.13. The normalized spacial score (nSPS) is 23.7. The Labute approximate surface area is 94.9 Å². The second-order valence-electron chi connectivity index (χ2n) is 4.61. The third-order valence-electron chi connectivity index (χ3n) is 3.13. The van der Waals surface area contributed by atoms with Crippen LogP contribution < -0.4 is 10.6 Å². The van der Waals surface area contributed by atoms with Crippen LogP contribution in [-0.4, -0.2) is 42.0 Å². The Kier molecular flexibility index (Phi) is 2.71. The number of amides is 3. The molecule has 2 heterocycles. The van der Waals surface area contributed by atoms with Crippen molar-refractivity contribution in [1.82, 2.24) is 15.5 Å². The Bertz CT molecular complexity index is 345. The molecule has 16 heavy (non-hydrogen) atoms. The van der Waals surface area contributed by atoms with Crippen molar-refractivity contribution in [2.24, 2.45) is 0 Å². The highest BCUT2D eigenvalue weighted by Gasteiger charge is 2.51. The molecule has 2 saturated heterocycles. The molecular formula is C11H17N3O2. The monoisotopic (exact) mass is 223 g/mol. The maximum Gasteiger partial charge on any atom is 0.325 e. The Balaban J connectivity index is 2.17. The average Bonchev–Trinajstić information content (AvgIpc) is 2.44. The first-order chi connectivity index (χ1) is 7.55. The lowest BCUT2D eigenvalue weighted by Gasteiger charge is -2.31. The first kappa shape index (κ1) is 11.1. The number of carbonyl (C=O) groups is 2. The largest absolute Gasteiger partial charge is 0.325 e. The van der Waals surface area contributed by atoms with Gasteiger partial charge in [0.15, 0.2) is 0 Å². The van der Waals surface area contributed by atoms with Gasteiger partial charge >= 0.3 is 6.03 Å². The van der Waals surface area contributed by atoms with E-state index in [9.17, 15) is 9.59 Å². The first-order valence-electron chi connectivity index (χ1n) is 5.54. The lowest BCUT2D eigenvalue weighted by Crippen LogP contribution is -2.53. The van der Waals surface area contributed by atoms with Crippen molar-refractivity contribution < 1.29 is 9.59 Å². The van der Waals surface area contributed by atoms with E-state index in [1.54, 1.807) is 0 Å². The molecule has 2 N–H and O–H groups in total. The summed E-state index contributed by atoms with van der Waals surface area (Å²) in [7, 11) is 0. The van der Waals surface area contributed by atoms with E-state index in [4.69, 9.17) is 0 Å². The summed E-state index contributed by atoms with van der Waals surface area (Å²) in [6, 6.07) is -0.282. The zero-order valence-corrected chi connectivity index (χ0v) is 9.51. The molecule has 2 aliphatic heterocycles. The molecule has 5 heteroatoms. The molecule has 0 bridgehead atoms. The molecule has 5 nitrogen and oxygen atoms in total. The lowest BCUT2D eigenvalue weighted by atomic mass is 9.88. The number of imide groups is 1. The van der Waals surface area contributed by atoms with E-state index in [0.29, 0.717) is 19.4 Å². The molecule has 88 valence electrons. The van der Waals surface area contributed by atoms with Crippen LogP contribution >= 0.6 is 0 Å². The fourth-order valence-electron chi connectivity index (χ4n) is 2.28. The van der Waals surface area contributed by atoms with Gasteiger partial charge in [0, 0.05) is 0 Å². The Morgan fingerprint density at radius 2 is 2.06 bits per heavy atom. The summed E-state index contributed by atoms with van der Waals surface area (Å²) in [5.41, 5.74) is 0.159. The minimum Gasteiger partial charge on any atom is -0.323 e. The second-order valence-corrected chi connectivity index (χ2v) is 4.61. The molecule has 3 amide bonds. The molecule has 0 aromatic rings. The molecule has 0 aliphatic carbocycles. The van der Waals surface area contributed by atoms with Crippen LogP contribution in [0.25, 0.3) is 0 Å². The summed E-state index contributed by atoms with van der Waals surface area (Å²) in [5, 5.41) is 6.02. The molecule has 0 saturated carbocycles. The highest BCUT2D eigenvalue weighted by Crippen LogP contribution is 2.27. The summed E-state index contributed by atoms with van der Waals surface area (Å²) in [6.45, 7) is 7.41. The van der Waals surface area contributed by atoms with Crippen LogP contribution in [0.5, 0.6) is 0 Å². The number of nitrogens with one attached hydrogen (secondary N) is 2. The van der Waals surface area contributed by atoms with Crippen molar-refractivity contribution in [3.63, 3.8) is 0 Å². The highest BCUT2D eigenvalue weighted by molar-refractivity contribution is 6.07. The number of piperidine rings is 1. The molecule has 2 fully saturated rings. The number of urea groups is 1. The van der Waals surface area contributed by atoms with Crippen molar-refractivity contribution in [2.45, 2.75) is 25.3 Å². The van der Waals surface area contributed by atoms with E-state index < -0.39 is 5.54 Å². The fraction of sp³-hybridized carbons (Fsp3) is 0.636. The maximum atomic E-state index is 12.2. The highest BCUT2D eigenvalue weighted by atomic mass is 16.2. The Morgan fingerprint density at radius 1 is 1.44 bits per heavy atom. The number of hydrogen-bond donors (Lipinski definition) is 2. The predicted molar refractivity (Wildman–Crippen MR) is 59.9 cm³/mol. The second kappa shape index (κ2) is 3.90. The molecule has 2 rings (SSSR count). The number of rotatable bonds is 2. The topological polar surface area (TPSA) is 61.4 Å². The van der Waals surface area contributed by atoms with Crippen molar-refractivity contribution in [1.29, 1.82) is 0 Å². The van der Waals surface area contributed by atoms with Crippen LogP contribution in [0.1, 0.15) is 19.8 Å². The summed E-state index contributed by atoms with van der Waals surface area (Å²) in [6.07, 6.45) is 1.34. The number of hydrogen-bond acceptors (Lipinski definition) is 3. The van der Waals surface area contributed by atoms with Crippen molar-refractivity contribution in [2.75, 3.05) is 19.6 Å². The molecule has 0 radical (unpaired) electrons. The van der Waals surface area contributed by atoms with E-state index in [2.05, 4.69) is 17.2 Å². The van der Waals surface area contributed by atoms with Crippen LogP contribution in [0, 0.1) is 0 Å². The van der Waals surface area contributed by atoms with Gasteiger partial charge in [0.05, 0.1) is 6.54 Å². The third kappa shape index (κ3) is 1.71. The van der Waals surface area contributed by atoms with Crippen LogP contribution in [-0.2, 0) is 4.79 Å². The lowest BCUT2D eigenvalue weighted by molar-refractivity contribution is -0.131. The SMILES string of the molecule is C=C(C)CN1C(=O)NC2(CCNCC2)C1=O. The van der Waals surface area contributed by atoms with Gasteiger partial charge in [-0.1, -0.05) is 12.2 Å². The number of nitrogens with zero attached hydrogens (tertiary/aromatic N) is 1. The van der Waals surface area contributed by atoms with Gasteiger partial charge in [-0.3, -0.25) is 9.69 Å². The van der Waals surface area contributed by atoms with Crippen LogP contribution in [0.2, 0.25) is 0 Å².